The number of aromatic nitrogens is 3. The highest BCUT2D eigenvalue weighted by molar-refractivity contribution is 7.99. The minimum atomic E-state index is 0.0528. The van der Waals surface area contributed by atoms with Gasteiger partial charge < -0.3 is 14.8 Å². The molecule has 0 aliphatic carbocycles. The number of aryl methyl sites for hydroxylation is 2. The van der Waals surface area contributed by atoms with Gasteiger partial charge >= 0.3 is 0 Å². The molecule has 0 saturated carbocycles. The topological polar surface area (TPSA) is 63.1 Å². The van der Waals surface area contributed by atoms with Crippen molar-refractivity contribution in [2.45, 2.75) is 18.5 Å². The zero-order chi connectivity index (χ0) is 16.9. The molecule has 1 fully saturated rings. The van der Waals surface area contributed by atoms with Crippen molar-refractivity contribution in [2.75, 3.05) is 30.3 Å². The molecule has 128 valence electrons. The van der Waals surface area contributed by atoms with Gasteiger partial charge in [-0.15, -0.1) is 10.2 Å². The number of carbonyl (C=O) groups excluding carboxylic acids is 1. The van der Waals surface area contributed by atoms with E-state index in [-0.39, 0.29) is 5.91 Å². The molecule has 1 aliphatic rings. The summed E-state index contributed by atoms with van der Waals surface area (Å²) in [5.41, 5.74) is 2.56. The summed E-state index contributed by atoms with van der Waals surface area (Å²) in [6.45, 7) is 4.91. The summed E-state index contributed by atoms with van der Waals surface area (Å²) in [7, 11) is 1.87. The summed E-state index contributed by atoms with van der Waals surface area (Å²) in [5, 5.41) is 11.6. The Kier molecular flexibility index (Phi) is 5.40. The van der Waals surface area contributed by atoms with E-state index in [0.717, 1.165) is 31.2 Å². The van der Waals surface area contributed by atoms with Gasteiger partial charge in [-0.05, 0) is 37.0 Å². The molecule has 1 aromatic carbocycles. The summed E-state index contributed by atoms with van der Waals surface area (Å²) < 4.78 is 1.81. The molecule has 24 heavy (non-hydrogen) atoms. The molecule has 1 saturated heterocycles. The van der Waals surface area contributed by atoms with Crippen LogP contribution in [0.3, 0.4) is 0 Å². The fourth-order valence-corrected chi connectivity index (χ4v) is 3.62. The number of hydrogen-bond donors (Lipinski definition) is 1. The van der Waals surface area contributed by atoms with E-state index in [2.05, 4.69) is 51.6 Å². The first-order chi connectivity index (χ1) is 11.6. The van der Waals surface area contributed by atoms with Crippen molar-refractivity contribution in [3.05, 3.63) is 36.2 Å². The number of rotatable bonds is 6. The number of nitrogens with one attached hydrogen (secondary N) is 1. The lowest BCUT2D eigenvalue weighted by atomic mass is 10.1. The van der Waals surface area contributed by atoms with E-state index in [1.165, 1.54) is 23.0 Å². The molecule has 1 amide bonds. The van der Waals surface area contributed by atoms with Crippen molar-refractivity contribution >= 4 is 23.4 Å². The first-order valence-electron chi connectivity index (χ1n) is 8.17. The monoisotopic (exact) mass is 345 g/mol. The van der Waals surface area contributed by atoms with E-state index in [4.69, 9.17) is 0 Å². The standard InChI is InChI=1S/C17H23N5OS/c1-13-4-3-5-15(8-13)22-7-6-14(10-22)9-18-16(23)11-24-17-20-19-12-21(17)2/h3-5,8,12,14H,6-7,9-11H2,1-2H3,(H,18,23). The zero-order valence-corrected chi connectivity index (χ0v) is 14.9. The largest absolute Gasteiger partial charge is 0.371 e. The lowest BCUT2D eigenvalue weighted by Crippen LogP contribution is -2.32. The normalized spacial score (nSPS) is 17.2. The third-order valence-electron chi connectivity index (χ3n) is 4.24. The number of anilines is 1. The number of carbonyl (C=O) groups is 1. The van der Waals surface area contributed by atoms with Gasteiger partial charge in [0, 0.05) is 32.4 Å². The molecule has 7 heteroatoms. The molecule has 6 nitrogen and oxygen atoms in total. The number of amides is 1. The SMILES string of the molecule is Cc1cccc(N2CCC(CNC(=O)CSc3nncn3C)C2)c1. The number of benzene rings is 1. The maximum absolute atomic E-state index is 12.0. The zero-order valence-electron chi connectivity index (χ0n) is 14.1. The van der Waals surface area contributed by atoms with Crippen molar-refractivity contribution in [2.24, 2.45) is 13.0 Å². The van der Waals surface area contributed by atoms with Gasteiger partial charge in [0.25, 0.3) is 0 Å². The van der Waals surface area contributed by atoms with Crippen molar-refractivity contribution < 1.29 is 4.79 Å². The number of hydrogen-bond acceptors (Lipinski definition) is 5. The maximum Gasteiger partial charge on any atom is 0.230 e. The van der Waals surface area contributed by atoms with Gasteiger partial charge in [-0.3, -0.25) is 4.79 Å². The van der Waals surface area contributed by atoms with E-state index in [1.807, 2.05) is 11.6 Å². The van der Waals surface area contributed by atoms with Crippen LogP contribution in [0, 0.1) is 12.8 Å². The molecule has 1 unspecified atom stereocenters. The Labute approximate surface area is 146 Å². The molecule has 2 heterocycles. The second-order valence-electron chi connectivity index (χ2n) is 6.26. The lowest BCUT2D eigenvalue weighted by Gasteiger charge is -2.19. The van der Waals surface area contributed by atoms with E-state index < -0.39 is 0 Å². The highest BCUT2D eigenvalue weighted by Crippen LogP contribution is 2.24. The predicted octanol–water partition coefficient (Wildman–Crippen LogP) is 1.86. The summed E-state index contributed by atoms with van der Waals surface area (Å²) >= 11 is 1.41. The smallest absolute Gasteiger partial charge is 0.230 e. The molecule has 1 aromatic heterocycles. The first kappa shape index (κ1) is 16.8. The van der Waals surface area contributed by atoms with Gasteiger partial charge in [0.05, 0.1) is 5.75 Å². The third-order valence-corrected chi connectivity index (χ3v) is 5.28. The highest BCUT2D eigenvalue weighted by Gasteiger charge is 2.23. The van der Waals surface area contributed by atoms with Crippen LogP contribution in [0.2, 0.25) is 0 Å². The molecule has 1 N–H and O–H groups in total. The minimum Gasteiger partial charge on any atom is -0.371 e. The van der Waals surface area contributed by atoms with Crippen molar-refractivity contribution in [3.8, 4) is 0 Å². The van der Waals surface area contributed by atoms with Gasteiger partial charge in [0.15, 0.2) is 5.16 Å². The Balaban J connectivity index is 1.41. The second kappa shape index (κ2) is 7.70. The van der Waals surface area contributed by atoms with Crippen molar-refractivity contribution in [3.63, 3.8) is 0 Å². The number of nitrogens with zero attached hydrogens (tertiary/aromatic N) is 4. The van der Waals surface area contributed by atoms with E-state index in [0.29, 0.717) is 11.7 Å². The third kappa shape index (κ3) is 4.29. The fourth-order valence-electron chi connectivity index (χ4n) is 2.90. The first-order valence-corrected chi connectivity index (χ1v) is 9.15. The van der Waals surface area contributed by atoms with Crippen LogP contribution < -0.4 is 10.2 Å². The Morgan fingerprint density at radius 1 is 1.46 bits per heavy atom. The Morgan fingerprint density at radius 2 is 2.33 bits per heavy atom. The molecule has 2 aromatic rings. The number of thioether (sulfide) groups is 1. The van der Waals surface area contributed by atoms with Crippen LogP contribution in [-0.4, -0.2) is 46.1 Å². The second-order valence-corrected chi connectivity index (χ2v) is 7.20. The molecule has 1 atom stereocenters. The van der Waals surface area contributed by atoms with E-state index >= 15 is 0 Å². The summed E-state index contributed by atoms with van der Waals surface area (Å²) in [6, 6.07) is 8.60. The Hall–Kier alpha value is -2.02. The molecule has 0 radical (unpaired) electrons. The van der Waals surface area contributed by atoms with Crippen LogP contribution in [0.5, 0.6) is 0 Å². The van der Waals surface area contributed by atoms with Gasteiger partial charge in [0.2, 0.25) is 5.91 Å². The lowest BCUT2D eigenvalue weighted by molar-refractivity contribution is -0.118. The van der Waals surface area contributed by atoms with Crippen LogP contribution in [-0.2, 0) is 11.8 Å². The van der Waals surface area contributed by atoms with E-state index in [1.54, 1.807) is 6.33 Å². The van der Waals surface area contributed by atoms with Gasteiger partial charge in [-0.25, -0.2) is 0 Å². The molecule has 3 rings (SSSR count). The quantitative estimate of drug-likeness (QED) is 0.810. The molecule has 0 spiro atoms. The van der Waals surface area contributed by atoms with Crippen LogP contribution in [0.25, 0.3) is 0 Å². The Bertz CT molecular complexity index is 702. The molecular formula is C17H23N5OS. The summed E-state index contributed by atoms with van der Waals surface area (Å²) in [5.74, 6) is 0.937. The highest BCUT2D eigenvalue weighted by atomic mass is 32.2. The minimum absolute atomic E-state index is 0.0528. The Morgan fingerprint density at radius 3 is 3.08 bits per heavy atom. The maximum atomic E-state index is 12.0. The van der Waals surface area contributed by atoms with E-state index in [9.17, 15) is 4.79 Å². The van der Waals surface area contributed by atoms with Crippen LogP contribution in [0.4, 0.5) is 5.69 Å². The average molecular weight is 345 g/mol. The van der Waals surface area contributed by atoms with Gasteiger partial charge in [0.1, 0.15) is 6.33 Å². The fraction of sp³-hybridized carbons (Fsp3) is 0.471. The van der Waals surface area contributed by atoms with Crippen LogP contribution in [0.15, 0.2) is 35.7 Å². The van der Waals surface area contributed by atoms with Gasteiger partial charge in [-0.1, -0.05) is 23.9 Å². The summed E-state index contributed by atoms with van der Waals surface area (Å²) in [4.78, 5) is 14.4. The molecular weight excluding hydrogens is 322 g/mol. The molecule has 0 bridgehead atoms. The predicted molar refractivity (Wildman–Crippen MR) is 96.2 cm³/mol. The van der Waals surface area contributed by atoms with Crippen molar-refractivity contribution in [1.82, 2.24) is 20.1 Å². The van der Waals surface area contributed by atoms with Crippen LogP contribution >= 0.6 is 11.8 Å². The van der Waals surface area contributed by atoms with Crippen molar-refractivity contribution in [1.29, 1.82) is 0 Å². The van der Waals surface area contributed by atoms with Crippen LogP contribution in [0.1, 0.15) is 12.0 Å². The summed E-state index contributed by atoms with van der Waals surface area (Å²) in [6.07, 6.45) is 2.75. The van der Waals surface area contributed by atoms with Gasteiger partial charge in [-0.2, -0.15) is 0 Å². The molecule has 1 aliphatic heterocycles. The average Bonchev–Trinajstić information content (AvgIpc) is 3.20.